The Balaban J connectivity index is 1.76. The number of halogens is 6. The van der Waals surface area contributed by atoms with Gasteiger partial charge in [-0.2, -0.15) is 26.3 Å². The molecule has 2 rings (SSSR count). The molecule has 0 aliphatic rings. The molecule has 28 heavy (non-hydrogen) atoms. The number of aliphatic imine (C=N–C) groups is 1. The molecule has 0 fully saturated rings. The summed E-state index contributed by atoms with van der Waals surface area (Å²) >= 11 is 0.865. The first-order valence-electron chi connectivity index (χ1n) is 7.86. The topological polar surface area (TPSA) is 58.5 Å². The number of alkyl halides is 6. The molecule has 0 unspecified atom stereocenters. The van der Waals surface area contributed by atoms with Crippen LogP contribution in [-0.2, 0) is 18.9 Å². The molecule has 5 nitrogen and oxygen atoms in total. The lowest BCUT2D eigenvalue weighted by molar-refractivity contribution is -0.141. The number of guanidine groups is 1. The minimum absolute atomic E-state index is 0.0366. The zero-order valence-electron chi connectivity index (χ0n) is 14.5. The van der Waals surface area contributed by atoms with E-state index in [9.17, 15) is 26.3 Å². The molecule has 2 N–H and O–H groups in total. The van der Waals surface area contributed by atoms with Crippen LogP contribution in [0.5, 0.6) is 5.75 Å². The molecule has 0 saturated carbocycles. The van der Waals surface area contributed by atoms with E-state index in [2.05, 4.69) is 20.6 Å². The zero-order chi connectivity index (χ0) is 20.8. The lowest BCUT2D eigenvalue weighted by Crippen LogP contribution is -2.38. The Labute approximate surface area is 160 Å². The van der Waals surface area contributed by atoms with Crippen LogP contribution < -0.4 is 15.4 Å². The quantitative estimate of drug-likeness (QED) is 0.318. The molecule has 154 valence electrons. The maximum atomic E-state index is 12.6. The fraction of sp³-hybridized carbons (Fsp3) is 0.375. The summed E-state index contributed by atoms with van der Waals surface area (Å²) in [6.45, 7) is 0.300. The number of hydrogen-bond donors (Lipinski definition) is 2. The first kappa shape index (κ1) is 21.8. The maximum absolute atomic E-state index is 12.6. The van der Waals surface area contributed by atoms with Crippen molar-refractivity contribution in [2.24, 2.45) is 4.99 Å². The molecule has 0 radical (unpaired) electrons. The van der Waals surface area contributed by atoms with E-state index in [0.717, 1.165) is 28.8 Å². The third-order valence-electron chi connectivity index (χ3n) is 3.30. The number of benzene rings is 1. The Morgan fingerprint density at radius 2 is 1.89 bits per heavy atom. The number of aromatic nitrogens is 1. The van der Waals surface area contributed by atoms with Gasteiger partial charge in [-0.25, -0.2) is 4.98 Å². The van der Waals surface area contributed by atoms with Crippen LogP contribution >= 0.6 is 11.3 Å². The summed E-state index contributed by atoms with van der Waals surface area (Å²) in [6, 6.07) is 4.49. The van der Waals surface area contributed by atoms with Gasteiger partial charge in [0.1, 0.15) is 17.4 Å². The summed E-state index contributed by atoms with van der Waals surface area (Å²) in [7, 11) is 1.46. The minimum Gasteiger partial charge on any atom is -0.492 e. The summed E-state index contributed by atoms with van der Waals surface area (Å²) in [4.78, 5) is 7.38. The third-order valence-corrected chi connectivity index (χ3v) is 4.15. The highest BCUT2D eigenvalue weighted by Crippen LogP contribution is 2.31. The SMILES string of the molecule is CN=C(NCCOc1cccc(C(F)(F)F)c1)NCc1nc(C(F)(F)F)cs1. The van der Waals surface area contributed by atoms with Crippen molar-refractivity contribution in [3.05, 3.63) is 45.9 Å². The van der Waals surface area contributed by atoms with E-state index in [0.29, 0.717) is 0 Å². The summed E-state index contributed by atoms with van der Waals surface area (Å²) in [5.74, 6) is 0.360. The number of nitrogens with zero attached hydrogens (tertiary/aromatic N) is 2. The van der Waals surface area contributed by atoms with Crippen molar-refractivity contribution in [2.75, 3.05) is 20.2 Å². The zero-order valence-corrected chi connectivity index (χ0v) is 15.3. The van der Waals surface area contributed by atoms with Crippen LogP contribution in [0.3, 0.4) is 0 Å². The molecule has 0 aliphatic carbocycles. The fourth-order valence-electron chi connectivity index (χ4n) is 2.00. The van der Waals surface area contributed by atoms with Gasteiger partial charge in [0.2, 0.25) is 0 Å². The fourth-order valence-corrected chi connectivity index (χ4v) is 2.74. The highest BCUT2D eigenvalue weighted by Gasteiger charge is 2.33. The number of nitrogens with one attached hydrogen (secondary N) is 2. The van der Waals surface area contributed by atoms with Crippen LogP contribution in [0.25, 0.3) is 0 Å². The van der Waals surface area contributed by atoms with Crippen LogP contribution in [0.2, 0.25) is 0 Å². The molecular formula is C16H16F6N4OS. The lowest BCUT2D eigenvalue weighted by Gasteiger charge is -2.13. The Morgan fingerprint density at radius 1 is 1.14 bits per heavy atom. The van der Waals surface area contributed by atoms with E-state index in [4.69, 9.17) is 4.74 Å². The van der Waals surface area contributed by atoms with Crippen LogP contribution in [0, 0.1) is 0 Å². The highest BCUT2D eigenvalue weighted by molar-refractivity contribution is 7.09. The second-order valence-corrected chi connectivity index (χ2v) is 6.29. The monoisotopic (exact) mass is 426 g/mol. The van der Waals surface area contributed by atoms with Gasteiger partial charge in [0.15, 0.2) is 11.7 Å². The normalized spacial score (nSPS) is 12.8. The number of thiazole rings is 1. The van der Waals surface area contributed by atoms with E-state index in [1.54, 1.807) is 0 Å². The van der Waals surface area contributed by atoms with Crippen molar-refractivity contribution in [2.45, 2.75) is 18.9 Å². The lowest BCUT2D eigenvalue weighted by atomic mass is 10.2. The first-order chi connectivity index (χ1) is 13.1. The Bertz CT molecular complexity index is 803. The molecule has 1 aromatic carbocycles. The Kier molecular flexibility index (Phi) is 7.11. The molecule has 12 heteroatoms. The average molecular weight is 426 g/mol. The van der Waals surface area contributed by atoms with Gasteiger partial charge in [-0.05, 0) is 18.2 Å². The number of rotatable bonds is 6. The van der Waals surface area contributed by atoms with Gasteiger partial charge >= 0.3 is 12.4 Å². The molecule has 1 aromatic heterocycles. The molecule has 0 aliphatic heterocycles. The summed E-state index contributed by atoms with van der Waals surface area (Å²) in [5.41, 5.74) is -1.76. The average Bonchev–Trinajstić information content (AvgIpc) is 3.10. The Hall–Kier alpha value is -2.50. The predicted molar refractivity (Wildman–Crippen MR) is 92.3 cm³/mol. The van der Waals surface area contributed by atoms with Gasteiger partial charge in [0, 0.05) is 12.4 Å². The van der Waals surface area contributed by atoms with Crippen molar-refractivity contribution < 1.29 is 31.1 Å². The smallest absolute Gasteiger partial charge is 0.434 e. The van der Waals surface area contributed by atoms with Crippen molar-refractivity contribution in [3.8, 4) is 5.75 Å². The second kappa shape index (κ2) is 9.13. The molecule has 0 saturated heterocycles. The van der Waals surface area contributed by atoms with Gasteiger partial charge in [-0.3, -0.25) is 4.99 Å². The largest absolute Gasteiger partial charge is 0.492 e. The molecule has 1 heterocycles. The van der Waals surface area contributed by atoms with Crippen molar-refractivity contribution in [1.82, 2.24) is 15.6 Å². The van der Waals surface area contributed by atoms with E-state index in [1.165, 1.54) is 19.2 Å². The van der Waals surface area contributed by atoms with Gasteiger partial charge in [0.25, 0.3) is 0 Å². The molecule has 0 amide bonds. The summed E-state index contributed by atoms with van der Waals surface area (Å²) in [5, 5.41) is 6.79. The molecule has 0 bridgehead atoms. The first-order valence-corrected chi connectivity index (χ1v) is 8.73. The van der Waals surface area contributed by atoms with E-state index in [1.807, 2.05) is 0 Å². The minimum atomic E-state index is -4.49. The summed E-state index contributed by atoms with van der Waals surface area (Å²) < 4.78 is 80.7. The second-order valence-electron chi connectivity index (χ2n) is 5.35. The van der Waals surface area contributed by atoms with Crippen LogP contribution in [0.4, 0.5) is 26.3 Å². The van der Waals surface area contributed by atoms with Gasteiger partial charge in [-0.15, -0.1) is 11.3 Å². The molecular weight excluding hydrogens is 410 g/mol. The number of hydrogen-bond acceptors (Lipinski definition) is 4. The van der Waals surface area contributed by atoms with E-state index in [-0.39, 0.29) is 36.4 Å². The van der Waals surface area contributed by atoms with Gasteiger partial charge in [-0.1, -0.05) is 6.07 Å². The predicted octanol–water partition coefficient (Wildman–Crippen LogP) is 3.92. The third kappa shape index (κ3) is 6.59. The van der Waals surface area contributed by atoms with Crippen LogP contribution in [0.1, 0.15) is 16.3 Å². The molecule has 2 aromatic rings. The van der Waals surface area contributed by atoms with Gasteiger partial charge < -0.3 is 15.4 Å². The Morgan fingerprint density at radius 3 is 2.50 bits per heavy atom. The van der Waals surface area contributed by atoms with Crippen LogP contribution in [-0.4, -0.2) is 31.1 Å². The van der Waals surface area contributed by atoms with E-state index >= 15 is 0 Å². The van der Waals surface area contributed by atoms with Gasteiger partial charge in [0.05, 0.1) is 18.7 Å². The number of ether oxygens (including phenoxy) is 1. The van der Waals surface area contributed by atoms with Crippen molar-refractivity contribution in [1.29, 1.82) is 0 Å². The van der Waals surface area contributed by atoms with E-state index < -0.39 is 23.6 Å². The maximum Gasteiger partial charge on any atom is 0.434 e. The summed E-state index contributed by atoms with van der Waals surface area (Å²) in [6.07, 6.45) is -8.94. The van der Waals surface area contributed by atoms with Crippen LogP contribution in [0.15, 0.2) is 34.6 Å². The molecule has 0 atom stereocenters. The standard InChI is InChI=1S/C16H16F6N4OS/c1-23-14(25-8-13-26-12(9-28-13)16(20,21)22)24-5-6-27-11-4-2-3-10(7-11)15(17,18)19/h2-4,7,9H,5-6,8H2,1H3,(H2,23,24,25). The van der Waals surface area contributed by atoms with Crippen molar-refractivity contribution in [3.63, 3.8) is 0 Å². The highest BCUT2D eigenvalue weighted by atomic mass is 32.1. The molecule has 0 spiro atoms. The van der Waals surface area contributed by atoms with Crippen molar-refractivity contribution >= 4 is 17.3 Å².